The molecule has 3 nitrogen and oxygen atoms in total. The van der Waals surface area contributed by atoms with Gasteiger partial charge in [0.2, 0.25) is 0 Å². The average molecular weight is 319 g/mol. The molecular formula is C11H10BrClFN3. The van der Waals surface area contributed by atoms with Crippen LogP contribution in [0.5, 0.6) is 0 Å². The van der Waals surface area contributed by atoms with E-state index in [1.807, 2.05) is 7.05 Å². The van der Waals surface area contributed by atoms with Crippen molar-refractivity contribution in [1.29, 1.82) is 0 Å². The van der Waals surface area contributed by atoms with E-state index >= 15 is 0 Å². The number of imidazole rings is 1. The van der Waals surface area contributed by atoms with Gasteiger partial charge in [-0.15, -0.1) is 0 Å². The molecule has 6 heteroatoms. The second-order valence-corrected chi connectivity index (χ2v) is 4.74. The molecule has 0 aliphatic rings. The van der Waals surface area contributed by atoms with Crippen LogP contribution in [0.2, 0.25) is 5.02 Å². The number of hydrogen-bond donors (Lipinski definition) is 1. The fourth-order valence-electron chi connectivity index (χ4n) is 1.56. The molecule has 1 aromatic carbocycles. The molecule has 0 fully saturated rings. The molecule has 0 saturated carbocycles. The summed E-state index contributed by atoms with van der Waals surface area (Å²) in [7, 11) is 1.81. The minimum atomic E-state index is -0.364. The molecule has 0 unspecified atom stereocenters. The molecular weight excluding hydrogens is 308 g/mol. The van der Waals surface area contributed by atoms with E-state index in [-0.39, 0.29) is 12.4 Å². The number of nitrogens with two attached hydrogens (primary N) is 1. The Morgan fingerprint density at radius 3 is 2.82 bits per heavy atom. The van der Waals surface area contributed by atoms with Crippen molar-refractivity contribution in [2.24, 2.45) is 12.8 Å². The predicted molar refractivity (Wildman–Crippen MR) is 69.2 cm³/mol. The van der Waals surface area contributed by atoms with Crippen molar-refractivity contribution in [2.75, 3.05) is 0 Å². The minimum Gasteiger partial charge on any atom is -0.324 e. The van der Waals surface area contributed by atoms with Gasteiger partial charge >= 0.3 is 0 Å². The number of benzene rings is 1. The SMILES string of the molecule is Cn1c(CN)nc(-c2cc(Cl)ccc2F)c1Br. The summed E-state index contributed by atoms with van der Waals surface area (Å²) in [6.07, 6.45) is 0. The van der Waals surface area contributed by atoms with E-state index in [9.17, 15) is 4.39 Å². The van der Waals surface area contributed by atoms with E-state index in [4.69, 9.17) is 17.3 Å². The molecule has 0 amide bonds. The average Bonchev–Trinajstić information content (AvgIpc) is 2.59. The Kier molecular flexibility index (Phi) is 3.51. The monoisotopic (exact) mass is 317 g/mol. The third-order valence-corrected chi connectivity index (χ3v) is 3.63. The molecule has 0 spiro atoms. The van der Waals surface area contributed by atoms with Crippen LogP contribution in [0.1, 0.15) is 5.82 Å². The van der Waals surface area contributed by atoms with Gasteiger partial charge in [-0.3, -0.25) is 0 Å². The maximum Gasteiger partial charge on any atom is 0.132 e. The first kappa shape index (κ1) is 12.5. The normalized spacial score (nSPS) is 10.9. The zero-order valence-corrected chi connectivity index (χ0v) is 11.4. The second kappa shape index (κ2) is 4.76. The Labute approximate surface area is 112 Å². The van der Waals surface area contributed by atoms with E-state index in [1.54, 1.807) is 10.6 Å². The highest BCUT2D eigenvalue weighted by Crippen LogP contribution is 2.31. The molecule has 0 atom stereocenters. The van der Waals surface area contributed by atoms with Gasteiger partial charge in [-0.05, 0) is 34.1 Å². The van der Waals surface area contributed by atoms with Crippen LogP contribution in [-0.4, -0.2) is 9.55 Å². The van der Waals surface area contributed by atoms with Crippen molar-refractivity contribution in [2.45, 2.75) is 6.54 Å². The lowest BCUT2D eigenvalue weighted by Crippen LogP contribution is -2.04. The third kappa shape index (κ3) is 2.22. The van der Waals surface area contributed by atoms with Crippen LogP contribution in [0.4, 0.5) is 4.39 Å². The topological polar surface area (TPSA) is 43.8 Å². The summed E-state index contributed by atoms with van der Waals surface area (Å²) in [6, 6.07) is 4.37. The highest BCUT2D eigenvalue weighted by molar-refractivity contribution is 9.10. The van der Waals surface area contributed by atoms with Gasteiger partial charge in [0.25, 0.3) is 0 Å². The molecule has 2 aromatic rings. The van der Waals surface area contributed by atoms with Crippen LogP contribution >= 0.6 is 27.5 Å². The highest BCUT2D eigenvalue weighted by Gasteiger charge is 2.16. The number of rotatable bonds is 2. The van der Waals surface area contributed by atoms with Crippen LogP contribution in [0, 0.1) is 5.82 Å². The smallest absolute Gasteiger partial charge is 0.132 e. The number of aromatic nitrogens is 2. The van der Waals surface area contributed by atoms with Crippen molar-refractivity contribution >= 4 is 27.5 Å². The third-order valence-electron chi connectivity index (χ3n) is 2.48. The van der Waals surface area contributed by atoms with Crippen molar-refractivity contribution < 1.29 is 4.39 Å². The Balaban J connectivity index is 2.64. The van der Waals surface area contributed by atoms with Crippen LogP contribution in [-0.2, 0) is 13.6 Å². The van der Waals surface area contributed by atoms with Crippen LogP contribution in [0.15, 0.2) is 22.8 Å². The number of hydrogen-bond acceptors (Lipinski definition) is 2. The fourth-order valence-corrected chi connectivity index (χ4v) is 2.23. The van der Waals surface area contributed by atoms with Crippen LogP contribution < -0.4 is 5.73 Å². The van der Waals surface area contributed by atoms with E-state index < -0.39 is 0 Å². The van der Waals surface area contributed by atoms with Gasteiger partial charge in [-0.25, -0.2) is 9.37 Å². The van der Waals surface area contributed by atoms with Crippen molar-refractivity contribution in [3.8, 4) is 11.3 Å². The Bertz CT molecular complexity index is 568. The molecule has 2 rings (SSSR count). The van der Waals surface area contributed by atoms with Gasteiger partial charge in [-0.1, -0.05) is 11.6 Å². The highest BCUT2D eigenvalue weighted by atomic mass is 79.9. The predicted octanol–water partition coefficient (Wildman–Crippen LogP) is 3.10. The Morgan fingerprint density at radius 2 is 2.24 bits per heavy atom. The minimum absolute atomic E-state index is 0.289. The second-order valence-electron chi connectivity index (χ2n) is 3.55. The lowest BCUT2D eigenvalue weighted by molar-refractivity contribution is 0.630. The quantitative estimate of drug-likeness (QED) is 0.924. The molecule has 17 heavy (non-hydrogen) atoms. The first-order valence-corrected chi connectivity index (χ1v) is 6.08. The fraction of sp³-hybridized carbons (Fsp3) is 0.182. The molecule has 0 saturated heterocycles. The van der Waals surface area contributed by atoms with Crippen molar-refractivity contribution in [1.82, 2.24) is 9.55 Å². The van der Waals surface area contributed by atoms with Gasteiger partial charge in [0, 0.05) is 17.6 Å². The van der Waals surface area contributed by atoms with Crippen LogP contribution in [0.25, 0.3) is 11.3 Å². The summed E-state index contributed by atoms with van der Waals surface area (Å²) in [4.78, 5) is 4.29. The molecule has 0 radical (unpaired) electrons. The largest absolute Gasteiger partial charge is 0.324 e. The first-order valence-electron chi connectivity index (χ1n) is 4.91. The summed E-state index contributed by atoms with van der Waals surface area (Å²) in [5.41, 5.74) is 6.42. The summed E-state index contributed by atoms with van der Waals surface area (Å²) in [5, 5.41) is 0.466. The standard InChI is InChI=1S/C11H10BrClFN3/c1-17-9(5-15)16-10(11(17)12)7-4-6(13)2-3-8(7)14/h2-4H,5,15H2,1H3. The van der Waals surface area contributed by atoms with Gasteiger partial charge in [0.15, 0.2) is 0 Å². The molecule has 0 aliphatic carbocycles. The lowest BCUT2D eigenvalue weighted by atomic mass is 10.1. The van der Waals surface area contributed by atoms with E-state index in [1.165, 1.54) is 12.1 Å². The maximum absolute atomic E-state index is 13.7. The summed E-state index contributed by atoms with van der Waals surface area (Å²) < 4.78 is 16.2. The van der Waals surface area contributed by atoms with E-state index in [0.29, 0.717) is 26.7 Å². The van der Waals surface area contributed by atoms with Gasteiger partial charge in [0.05, 0.1) is 6.54 Å². The number of nitrogens with zero attached hydrogens (tertiary/aromatic N) is 2. The summed E-state index contributed by atoms with van der Waals surface area (Å²) >= 11 is 9.23. The summed E-state index contributed by atoms with van der Waals surface area (Å²) in [5.74, 6) is 0.308. The molecule has 90 valence electrons. The van der Waals surface area contributed by atoms with E-state index in [2.05, 4.69) is 20.9 Å². The summed E-state index contributed by atoms with van der Waals surface area (Å²) in [6.45, 7) is 0.289. The first-order chi connectivity index (χ1) is 8.04. The van der Waals surface area contributed by atoms with E-state index in [0.717, 1.165) is 0 Å². The van der Waals surface area contributed by atoms with Gasteiger partial charge in [-0.2, -0.15) is 0 Å². The maximum atomic E-state index is 13.7. The van der Waals surface area contributed by atoms with Gasteiger partial charge in [0.1, 0.15) is 21.9 Å². The van der Waals surface area contributed by atoms with Crippen LogP contribution in [0.3, 0.4) is 0 Å². The Morgan fingerprint density at radius 1 is 1.53 bits per heavy atom. The van der Waals surface area contributed by atoms with Crippen molar-refractivity contribution in [3.63, 3.8) is 0 Å². The molecule has 2 N–H and O–H groups in total. The molecule has 0 bridgehead atoms. The lowest BCUT2D eigenvalue weighted by Gasteiger charge is -2.01. The molecule has 1 aromatic heterocycles. The Hall–Kier alpha value is -0.910. The zero-order valence-electron chi connectivity index (χ0n) is 9.04. The zero-order chi connectivity index (χ0) is 12.6. The van der Waals surface area contributed by atoms with Gasteiger partial charge < -0.3 is 10.3 Å². The molecule has 0 aliphatic heterocycles. The van der Waals surface area contributed by atoms with Crippen molar-refractivity contribution in [3.05, 3.63) is 39.5 Å². The number of halogens is 3. The molecule has 1 heterocycles.